The van der Waals surface area contributed by atoms with Crippen molar-refractivity contribution in [2.75, 3.05) is 6.61 Å². The minimum Gasteiger partial charge on any atom is -0.454 e. The topological polar surface area (TPSA) is 72.8 Å². The van der Waals surface area contributed by atoms with Gasteiger partial charge in [0.2, 0.25) is 0 Å². The van der Waals surface area contributed by atoms with Gasteiger partial charge in [-0.25, -0.2) is 4.79 Å². The number of carbonyl (C=O) groups excluding carboxylic acids is 2. The maximum absolute atomic E-state index is 13.2. The van der Waals surface area contributed by atoms with Crippen molar-refractivity contribution >= 4 is 36.5 Å². The minimum atomic E-state index is -1.87. The van der Waals surface area contributed by atoms with Crippen LogP contribution in [0, 0.1) is 11.3 Å². The van der Waals surface area contributed by atoms with Crippen LogP contribution in [0.2, 0.25) is 18.1 Å². The van der Waals surface area contributed by atoms with Crippen LogP contribution in [-0.2, 0) is 14.0 Å². The summed E-state index contributed by atoms with van der Waals surface area (Å²) in [4.78, 5) is 25.2. The summed E-state index contributed by atoms with van der Waals surface area (Å²) in [6.45, 7) is 26.6. The fourth-order valence-corrected chi connectivity index (χ4v) is 8.20. The van der Waals surface area contributed by atoms with Gasteiger partial charge in [-0.05, 0) is 153 Å². The number of hydrogen-bond donors (Lipinski definition) is 1. The molecule has 1 aliphatic carbocycles. The first-order valence-corrected chi connectivity index (χ1v) is 22.3. The predicted octanol–water partition coefficient (Wildman–Crippen LogP) is 12.3. The van der Waals surface area contributed by atoms with E-state index in [2.05, 4.69) is 103 Å². The van der Waals surface area contributed by atoms with E-state index in [9.17, 15) is 14.7 Å². The Morgan fingerprint density at radius 1 is 1.04 bits per heavy atom. The summed E-state index contributed by atoms with van der Waals surface area (Å²) < 4.78 is 13.5. The van der Waals surface area contributed by atoms with Crippen molar-refractivity contribution in [2.45, 2.75) is 157 Å². The van der Waals surface area contributed by atoms with Crippen LogP contribution in [0.15, 0.2) is 74.8 Å². The first-order valence-electron chi connectivity index (χ1n) is 18.6. The van der Waals surface area contributed by atoms with E-state index in [1.165, 1.54) is 16.7 Å². The predicted molar refractivity (Wildman–Crippen MR) is 216 cm³/mol. The second-order valence-corrected chi connectivity index (χ2v) is 22.6. The number of benzene rings is 1. The van der Waals surface area contributed by atoms with Gasteiger partial charge in [-0.1, -0.05) is 78.1 Å². The second kappa shape index (κ2) is 19.1. The standard InChI is InChI=1S/C43H67BrO5Si/c1-31(2)16-13-17-32(3)28-37(49-40(46)35-20-22-36(44)23-21-35)29-33(4)18-14-25-42(9)39(19-15-27-48-50(11,12)41(6,7)8)38(34(5)30-45)24-26-43(42,10)47/h16,18,20-23,28,30,37,39,47H,13-15,17,19,24-27,29H2,1-12H3/b32-28+,33-18+,38-34-/t37-,39+,42-,43-/m0/s1. The average molecular weight is 772 g/mol. The maximum Gasteiger partial charge on any atom is 0.338 e. The maximum atomic E-state index is 13.2. The fourth-order valence-electron chi connectivity index (χ4n) is 6.85. The highest BCUT2D eigenvalue weighted by Crippen LogP contribution is 2.55. The lowest BCUT2D eigenvalue weighted by molar-refractivity contribution is -0.115. The zero-order valence-corrected chi connectivity index (χ0v) is 35.9. The molecule has 0 heterocycles. The summed E-state index contributed by atoms with van der Waals surface area (Å²) in [6, 6.07) is 7.26. The van der Waals surface area contributed by atoms with Crippen molar-refractivity contribution in [3.05, 3.63) is 80.4 Å². The number of aliphatic hydroxyl groups is 1. The van der Waals surface area contributed by atoms with Crippen molar-refractivity contribution in [3.8, 4) is 0 Å². The zero-order valence-electron chi connectivity index (χ0n) is 33.3. The third kappa shape index (κ3) is 12.9. The van der Waals surface area contributed by atoms with E-state index in [4.69, 9.17) is 9.16 Å². The number of ether oxygens (including phenoxy) is 1. The Kier molecular flexibility index (Phi) is 16.9. The van der Waals surface area contributed by atoms with Gasteiger partial charge in [0.1, 0.15) is 12.4 Å². The molecule has 1 aliphatic rings. The molecule has 0 amide bonds. The molecule has 1 saturated carbocycles. The van der Waals surface area contributed by atoms with E-state index >= 15 is 0 Å². The molecule has 0 unspecified atom stereocenters. The highest BCUT2D eigenvalue weighted by molar-refractivity contribution is 9.10. The summed E-state index contributed by atoms with van der Waals surface area (Å²) in [7, 11) is -1.87. The largest absolute Gasteiger partial charge is 0.454 e. The van der Waals surface area contributed by atoms with Crippen LogP contribution in [0.5, 0.6) is 0 Å². The van der Waals surface area contributed by atoms with Crippen molar-refractivity contribution < 1.29 is 23.9 Å². The van der Waals surface area contributed by atoms with Crippen molar-refractivity contribution in [2.24, 2.45) is 11.3 Å². The Morgan fingerprint density at radius 2 is 1.68 bits per heavy atom. The molecule has 0 spiro atoms. The molecule has 1 aromatic rings. The number of carbonyl (C=O) groups is 2. The average Bonchev–Trinajstić information content (AvgIpc) is 3.00. The van der Waals surface area contributed by atoms with Crippen molar-refractivity contribution in [1.82, 2.24) is 0 Å². The molecule has 0 saturated heterocycles. The van der Waals surface area contributed by atoms with E-state index in [0.717, 1.165) is 66.9 Å². The van der Waals surface area contributed by atoms with Gasteiger partial charge in [0.25, 0.3) is 0 Å². The van der Waals surface area contributed by atoms with E-state index in [0.29, 0.717) is 25.0 Å². The van der Waals surface area contributed by atoms with Crippen molar-refractivity contribution in [1.29, 1.82) is 0 Å². The molecule has 0 aromatic heterocycles. The molecule has 0 radical (unpaired) electrons. The molecule has 0 aliphatic heterocycles. The van der Waals surface area contributed by atoms with Gasteiger partial charge in [-0.15, -0.1) is 0 Å². The summed E-state index contributed by atoms with van der Waals surface area (Å²) in [6.07, 6.45) is 14.3. The molecule has 2 rings (SSSR count). The lowest BCUT2D eigenvalue weighted by Crippen LogP contribution is -2.52. The Hall–Kier alpha value is -2.06. The first-order chi connectivity index (χ1) is 23.1. The first kappa shape index (κ1) is 44.1. The molecule has 50 heavy (non-hydrogen) atoms. The van der Waals surface area contributed by atoms with Crippen LogP contribution in [0.4, 0.5) is 0 Å². The molecule has 0 bridgehead atoms. The second-order valence-electron chi connectivity index (χ2n) is 16.9. The monoisotopic (exact) mass is 770 g/mol. The fraction of sp³-hybridized carbons (Fsp3) is 0.628. The highest BCUT2D eigenvalue weighted by atomic mass is 79.9. The van der Waals surface area contributed by atoms with Gasteiger partial charge < -0.3 is 14.3 Å². The molecule has 1 aromatic carbocycles. The van der Waals surface area contributed by atoms with Gasteiger partial charge in [0, 0.05) is 22.9 Å². The van der Waals surface area contributed by atoms with Gasteiger partial charge in [0.15, 0.2) is 8.32 Å². The lowest BCUT2D eigenvalue weighted by atomic mass is 9.54. The Balaban J connectivity index is 2.29. The molecule has 1 fully saturated rings. The third-order valence-corrected chi connectivity index (χ3v) is 16.5. The number of aldehydes is 1. The van der Waals surface area contributed by atoms with Crippen LogP contribution in [-0.4, -0.2) is 44.0 Å². The Bertz CT molecular complexity index is 1410. The molecular formula is C43H67BrO5Si. The summed E-state index contributed by atoms with van der Waals surface area (Å²) >= 11 is 3.44. The van der Waals surface area contributed by atoms with E-state index in [1.807, 2.05) is 26.0 Å². The normalized spacial score (nSPS) is 23.7. The van der Waals surface area contributed by atoms with E-state index in [-0.39, 0.29) is 23.0 Å². The number of hydrogen-bond acceptors (Lipinski definition) is 5. The minimum absolute atomic E-state index is 0.0826. The van der Waals surface area contributed by atoms with E-state index < -0.39 is 19.3 Å². The quantitative estimate of drug-likeness (QED) is 0.0426. The Labute approximate surface area is 314 Å². The van der Waals surface area contributed by atoms with Gasteiger partial charge in [-0.3, -0.25) is 4.79 Å². The number of allylic oxidation sites excluding steroid dienone is 6. The van der Waals surface area contributed by atoms with E-state index in [1.54, 1.807) is 12.1 Å². The molecular weight excluding hydrogens is 704 g/mol. The number of rotatable bonds is 17. The van der Waals surface area contributed by atoms with Crippen LogP contribution in [0.1, 0.15) is 137 Å². The molecule has 4 atom stereocenters. The molecule has 1 N–H and O–H groups in total. The Morgan fingerprint density at radius 3 is 2.26 bits per heavy atom. The van der Waals surface area contributed by atoms with Crippen molar-refractivity contribution in [3.63, 3.8) is 0 Å². The van der Waals surface area contributed by atoms with Gasteiger partial charge >= 0.3 is 5.97 Å². The highest BCUT2D eigenvalue weighted by Gasteiger charge is 2.52. The zero-order chi connectivity index (χ0) is 37.9. The molecule has 7 heteroatoms. The van der Waals surface area contributed by atoms with Crippen LogP contribution < -0.4 is 0 Å². The number of halogens is 1. The van der Waals surface area contributed by atoms with Gasteiger partial charge in [0.05, 0.1) is 11.2 Å². The molecule has 280 valence electrons. The smallest absolute Gasteiger partial charge is 0.338 e. The summed E-state index contributed by atoms with van der Waals surface area (Å²) in [5, 5.41) is 12.1. The summed E-state index contributed by atoms with van der Waals surface area (Å²) in [5.74, 6) is -0.251. The van der Waals surface area contributed by atoms with Crippen LogP contribution in [0.3, 0.4) is 0 Å². The SMILES string of the molecule is CC(C)=CCC/C(C)=C/[C@@H](C/C(C)=C/CC[C@@]1(C)[C@H](CCCO[Si](C)(C)C(C)(C)C)/C(=C(/C)C=O)CC[C@]1(C)O)OC(=O)c1ccc(Br)cc1. The van der Waals surface area contributed by atoms with Crippen LogP contribution >= 0.6 is 15.9 Å². The van der Waals surface area contributed by atoms with Crippen LogP contribution in [0.25, 0.3) is 0 Å². The summed E-state index contributed by atoms with van der Waals surface area (Å²) in [5.41, 5.74) is 4.86. The van der Waals surface area contributed by atoms with Gasteiger partial charge in [-0.2, -0.15) is 0 Å². The number of esters is 1. The lowest BCUT2D eigenvalue weighted by Gasteiger charge is -2.53. The molecule has 5 nitrogen and oxygen atoms in total. The third-order valence-electron chi connectivity index (χ3n) is 11.5.